The van der Waals surface area contributed by atoms with E-state index in [2.05, 4.69) is 4.74 Å². The molecule has 8 heteroatoms. The number of nitrogens with zero attached hydrogens (tertiary/aromatic N) is 1. The van der Waals surface area contributed by atoms with Gasteiger partial charge in [-0.15, -0.1) is 0 Å². The van der Waals surface area contributed by atoms with Crippen molar-refractivity contribution in [1.82, 2.24) is 0 Å². The van der Waals surface area contributed by atoms with Crippen LogP contribution in [0.3, 0.4) is 0 Å². The Morgan fingerprint density at radius 3 is 2.55 bits per heavy atom. The molecule has 0 atom stereocenters. The number of halogens is 2. The first-order valence-electron chi connectivity index (χ1n) is 5.92. The summed E-state index contributed by atoms with van der Waals surface area (Å²) >= 11 is 0. The lowest BCUT2D eigenvalue weighted by Crippen LogP contribution is -2.05. The van der Waals surface area contributed by atoms with Gasteiger partial charge in [-0.2, -0.15) is 4.39 Å². The number of carbonyl (C=O) groups is 1. The predicted molar refractivity (Wildman–Crippen MR) is 70.9 cm³/mol. The molecule has 0 heterocycles. The van der Waals surface area contributed by atoms with E-state index < -0.39 is 34.0 Å². The molecule has 0 saturated heterocycles. The average Bonchev–Trinajstić information content (AvgIpc) is 2.46. The molecule has 0 aliphatic heterocycles. The number of rotatable bonds is 4. The van der Waals surface area contributed by atoms with Crippen molar-refractivity contribution < 1.29 is 28.0 Å². The third kappa shape index (κ3) is 3.00. The van der Waals surface area contributed by atoms with Crippen LogP contribution in [0.5, 0.6) is 11.5 Å². The molecule has 0 fully saturated rings. The summed E-state index contributed by atoms with van der Waals surface area (Å²) < 4.78 is 36.5. The summed E-state index contributed by atoms with van der Waals surface area (Å²) in [5.41, 5.74) is -1.06. The third-order valence-corrected chi connectivity index (χ3v) is 2.70. The van der Waals surface area contributed by atoms with Gasteiger partial charge in [0.25, 0.3) is 0 Å². The highest BCUT2D eigenvalue weighted by atomic mass is 19.1. The summed E-state index contributed by atoms with van der Waals surface area (Å²) in [5.74, 6) is -3.45. The molecular weight excluding hydrogens is 300 g/mol. The molecule has 6 nitrogen and oxygen atoms in total. The van der Waals surface area contributed by atoms with E-state index in [0.717, 1.165) is 37.4 Å². The highest BCUT2D eigenvalue weighted by Gasteiger charge is 2.24. The maximum atomic E-state index is 13.5. The number of hydrogen-bond acceptors (Lipinski definition) is 5. The van der Waals surface area contributed by atoms with Crippen LogP contribution in [0, 0.1) is 21.7 Å². The van der Waals surface area contributed by atoms with Crippen molar-refractivity contribution in [2.24, 2.45) is 0 Å². The van der Waals surface area contributed by atoms with Crippen molar-refractivity contribution >= 4 is 11.7 Å². The number of carbonyl (C=O) groups excluding carboxylic acids is 1. The fourth-order valence-corrected chi connectivity index (χ4v) is 1.73. The first-order valence-corrected chi connectivity index (χ1v) is 5.92. The molecule has 0 aliphatic carbocycles. The minimum atomic E-state index is -1.11. The lowest BCUT2D eigenvalue weighted by Gasteiger charge is -2.10. The summed E-state index contributed by atoms with van der Waals surface area (Å²) in [5, 5.41) is 10.9. The Morgan fingerprint density at radius 1 is 1.18 bits per heavy atom. The van der Waals surface area contributed by atoms with Crippen molar-refractivity contribution in [2.75, 3.05) is 7.11 Å². The van der Waals surface area contributed by atoms with Crippen molar-refractivity contribution in [3.8, 4) is 11.5 Å². The minimum absolute atomic E-state index is 0.151. The van der Waals surface area contributed by atoms with Gasteiger partial charge >= 0.3 is 11.7 Å². The zero-order valence-corrected chi connectivity index (χ0v) is 11.2. The normalized spacial score (nSPS) is 10.1. The lowest BCUT2D eigenvalue weighted by molar-refractivity contribution is -0.388. The van der Waals surface area contributed by atoms with Gasteiger partial charge in [0.15, 0.2) is 0 Å². The second-order valence-corrected chi connectivity index (χ2v) is 4.08. The summed E-state index contributed by atoms with van der Waals surface area (Å²) in [4.78, 5) is 21.5. The molecular formula is C14H9F2NO5. The molecule has 0 aliphatic rings. The number of methoxy groups -OCH3 is 1. The summed E-state index contributed by atoms with van der Waals surface area (Å²) in [6.07, 6.45) is 0. The third-order valence-electron chi connectivity index (χ3n) is 2.70. The van der Waals surface area contributed by atoms with Crippen LogP contribution < -0.4 is 4.74 Å². The summed E-state index contributed by atoms with van der Waals surface area (Å²) in [6.45, 7) is 0. The number of esters is 1. The van der Waals surface area contributed by atoms with Crippen molar-refractivity contribution in [2.45, 2.75) is 0 Å². The Hall–Kier alpha value is -3.03. The minimum Gasteiger partial charge on any atom is -0.465 e. The number of hydrogen-bond donors (Lipinski definition) is 0. The SMILES string of the molecule is COC(=O)c1ccc(F)cc1Oc1cccc(F)c1[N+](=O)[O-]. The number of para-hydroxylation sites is 1. The second-order valence-electron chi connectivity index (χ2n) is 4.08. The molecule has 22 heavy (non-hydrogen) atoms. The van der Waals surface area contributed by atoms with Crippen molar-refractivity contribution in [1.29, 1.82) is 0 Å². The van der Waals surface area contributed by atoms with E-state index in [1.54, 1.807) is 0 Å². The quantitative estimate of drug-likeness (QED) is 0.491. The van der Waals surface area contributed by atoms with Crippen LogP contribution in [0.1, 0.15) is 10.4 Å². The van der Waals surface area contributed by atoms with E-state index in [0.29, 0.717) is 0 Å². The standard InChI is InChI=1S/C14H9F2NO5/c1-21-14(18)9-6-5-8(15)7-12(9)22-11-4-2-3-10(16)13(11)17(19)20/h2-7H,1H3. The smallest absolute Gasteiger partial charge is 0.346 e. The van der Waals surface area contributed by atoms with Crippen LogP contribution in [0.4, 0.5) is 14.5 Å². The van der Waals surface area contributed by atoms with Gasteiger partial charge in [-0.25, -0.2) is 9.18 Å². The van der Waals surface area contributed by atoms with Crippen molar-refractivity contribution in [3.63, 3.8) is 0 Å². The molecule has 2 rings (SSSR count). The van der Waals surface area contributed by atoms with E-state index in [-0.39, 0.29) is 11.3 Å². The molecule has 2 aromatic rings. The molecule has 0 N–H and O–H groups in total. The van der Waals surface area contributed by atoms with Crippen LogP contribution in [0.25, 0.3) is 0 Å². The molecule has 0 aromatic heterocycles. The van der Waals surface area contributed by atoms with E-state index in [1.807, 2.05) is 0 Å². The van der Waals surface area contributed by atoms with E-state index >= 15 is 0 Å². The largest absolute Gasteiger partial charge is 0.465 e. The Labute approximate surface area is 123 Å². The number of ether oxygens (including phenoxy) is 2. The van der Waals surface area contributed by atoms with Gasteiger partial charge in [0.2, 0.25) is 11.6 Å². The van der Waals surface area contributed by atoms with Gasteiger partial charge in [0.05, 0.1) is 12.0 Å². The molecule has 0 radical (unpaired) electrons. The number of benzene rings is 2. The monoisotopic (exact) mass is 309 g/mol. The molecule has 0 saturated carbocycles. The first kappa shape index (κ1) is 15.4. The van der Waals surface area contributed by atoms with Crippen molar-refractivity contribution in [3.05, 3.63) is 63.7 Å². The zero-order chi connectivity index (χ0) is 16.3. The Bertz CT molecular complexity index is 748. The lowest BCUT2D eigenvalue weighted by atomic mass is 10.2. The van der Waals surface area contributed by atoms with E-state index in [9.17, 15) is 23.7 Å². The van der Waals surface area contributed by atoms with Gasteiger partial charge in [0.1, 0.15) is 17.1 Å². The molecule has 114 valence electrons. The fourth-order valence-electron chi connectivity index (χ4n) is 1.73. The van der Waals surface area contributed by atoms with Crippen LogP contribution >= 0.6 is 0 Å². The van der Waals surface area contributed by atoms with Gasteiger partial charge in [-0.05, 0) is 24.3 Å². The summed E-state index contributed by atoms with van der Waals surface area (Å²) in [6, 6.07) is 6.15. The van der Waals surface area contributed by atoms with Crippen LogP contribution in [0.2, 0.25) is 0 Å². The van der Waals surface area contributed by atoms with Crippen LogP contribution in [-0.2, 0) is 4.74 Å². The molecule has 0 bridgehead atoms. The van der Waals surface area contributed by atoms with Gasteiger partial charge in [-0.3, -0.25) is 10.1 Å². The molecule has 0 spiro atoms. The average molecular weight is 309 g/mol. The molecule has 0 amide bonds. The highest BCUT2D eigenvalue weighted by molar-refractivity contribution is 5.92. The van der Waals surface area contributed by atoms with E-state index in [1.165, 1.54) is 6.07 Å². The predicted octanol–water partition coefficient (Wildman–Crippen LogP) is 3.45. The second kappa shape index (κ2) is 6.17. The molecule has 2 aromatic carbocycles. The Kier molecular flexibility index (Phi) is 4.31. The number of nitro benzene ring substituents is 1. The van der Waals surface area contributed by atoms with Gasteiger partial charge in [0, 0.05) is 6.07 Å². The maximum absolute atomic E-state index is 13.5. The Morgan fingerprint density at radius 2 is 1.91 bits per heavy atom. The topological polar surface area (TPSA) is 78.7 Å². The van der Waals surface area contributed by atoms with Gasteiger partial charge in [-0.1, -0.05) is 6.07 Å². The maximum Gasteiger partial charge on any atom is 0.346 e. The highest BCUT2D eigenvalue weighted by Crippen LogP contribution is 2.35. The summed E-state index contributed by atoms with van der Waals surface area (Å²) in [7, 11) is 1.11. The van der Waals surface area contributed by atoms with E-state index in [4.69, 9.17) is 4.74 Å². The Balaban J connectivity index is 2.52. The zero-order valence-electron chi connectivity index (χ0n) is 11.2. The molecule has 0 unspecified atom stereocenters. The first-order chi connectivity index (χ1) is 10.4. The fraction of sp³-hybridized carbons (Fsp3) is 0.0714. The van der Waals surface area contributed by atoms with Crippen LogP contribution in [-0.4, -0.2) is 18.0 Å². The number of nitro groups is 1. The van der Waals surface area contributed by atoms with Gasteiger partial charge < -0.3 is 9.47 Å². The van der Waals surface area contributed by atoms with Crippen LogP contribution in [0.15, 0.2) is 36.4 Å².